The van der Waals surface area contributed by atoms with Crippen LogP contribution < -0.4 is 0 Å². The van der Waals surface area contributed by atoms with Gasteiger partial charge in [-0.3, -0.25) is 0 Å². The highest BCUT2D eigenvalue weighted by Crippen LogP contribution is 2.42. The average Bonchev–Trinajstić information content (AvgIpc) is 2.65. The fraction of sp³-hybridized carbons (Fsp3) is 1.00. The predicted molar refractivity (Wildman–Crippen MR) is 52.0 cm³/mol. The van der Waals surface area contributed by atoms with E-state index in [9.17, 15) is 5.11 Å². The van der Waals surface area contributed by atoms with Gasteiger partial charge in [0, 0.05) is 0 Å². The third-order valence-corrected chi connectivity index (χ3v) is 2.92. The van der Waals surface area contributed by atoms with Crippen LogP contribution in [-0.2, 0) is 0 Å². The van der Waals surface area contributed by atoms with E-state index in [-0.39, 0.29) is 5.60 Å². The fourth-order valence-electron chi connectivity index (χ4n) is 1.78. The summed E-state index contributed by atoms with van der Waals surface area (Å²) in [7, 11) is 0. The molecule has 0 aromatic heterocycles. The lowest BCUT2D eigenvalue weighted by molar-refractivity contribution is 0.0249. The van der Waals surface area contributed by atoms with Crippen LogP contribution in [-0.4, -0.2) is 10.7 Å². The Balaban J connectivity index is 2.12. The molecule has 0 aliphatic heterocycles. The summed E-state index contributed by atoms with van der Waals surface area (Å²) in [6.07, 6.45) is 5.92. The summed E-state index contributed by atoms with van der Waals surface area (Å²) in [4.78, 5) is 0. The van der Waals surface area contributed by atoms with E-state index in [1.165, 1.54) is 25.7 Å². The molecule has 72 valence electrons. The summed E-state index contributed by atoms with van der Waals surface area (Å²) in [5.74, 6) is 1.39. The number of hydrogen-bond donors (Lipinski definition) is 1. The molecule has 1 rings (SSSR count). The van der Waals surface area contributed by atoms with E-state index < -0.39 is 0 Å². The first kappa shape index (κ1) is 10.0. The van der Waals surface area contributed by atoms with E-state index in [2.05, 4.69) is 13.8 Å². The van der Waals surface area contributed by atoms with Crippen molar-refractivity contribution < 1.29 is 5.11 Å². The minimum absolute atomic E-state index is 0.352. The molecule has 1 nitrogen and oxygen atoms in total. The van der Waals surface area contributed by atoms with Gasteiger partial charge in [0.15, 0.2) is 0 Å². The molecular weight excluding hydrogens is 148 g/mol. The van der Waals surface area contributed by atoms with E-state index in [0.717, 1.165) is 12.3 Å². The minimum Gasteiger partial charge on any atom is -0.390 e. The van der Waals surface area contributed by atoms with Crippen LogP contribution in [0.15, 0.2) is 0 Å². The van der Waals surface area contributed by atoms with E-state index in [0.29, 0.717) is 5.92 Å². The van der Waals surface area contributed by atoms with Crippen LogP contribution in [0.5, 0.6) is 0 Å². The second kappa shape index (κ2) is 3.78. The van der Waals surface area contributed by atoms with Crippen molar-refractivity contribution >= 4 is 0 Å². The Hall–Kier alpha value is -0.0400. The molecule has 0 spiro atoms. The fourth-order valence-corrected chi connectivity index (χ4v) is 1.78. The van der Waals surface area contributed by atoms with Gasteiger partial charge in [-0.05, 0) is 38.0 Å². The molecule has 0 saturated heterocycles. The highest BCUT2D eigenvalue weighted by atomic mass is 16.3. The molecular formula is C11H22O. The largest absolute Gasteiger partial charge is 0.390 e. The first-order chi connectivity index (χ1) is 5.52. The smallest absolute Gasteiger partial charge is 0.0647 e. The summed E-state index contributed by atoms with van der Waals surface area (Å²) < 4.78 is 0. The van der Waals surface area contributed by atoms with Crippen molar-refractivity contribution in [2.24, 2.45) is 11.8 Å². The van der Waals surface area contributed by atoms with Crippen LogP contribution in [0.4, 0.5) is 0 Å². The number of rotatable bonds is 5. The van der Waals surface area contributed by atoms with Gasteiger partial charge >= 0.3 is 0 Å². The summed E-state index contributed by atoms with van der Waals surface area (Å²) >= 11 is 0. The van der Waals surface area contributed by atoms with Gasteiger partial charge in [0.1, 0.15) is 0 Å². The molecule has 0 radical (unpaired) electrons. The Kier molecular flexibility index (Phi) is 3.16. The van der Waals surface area contributed by atoms with Crippen LogP contribution in [0.1, 0.15) is 52.9 Å². The standard InChI is InChI=1S/C11H22O/c1-9(2)5-4-8-11(3,12)10-6-7-10/h9-10,12H,4-8H2,1-3H3/t11-/m1/s1. The van der Waals surface area contributed by atoms with Gasteiger partial charge in [-0.2, -0.15) is 0 Å². The predicted octanol–water partition coefficient (Wildman–Crippen LogP) is 2.97. The van der Waals surface area contributed by atoms with Crippen LogP contribution in [0.3, 0.4) is 0 Å². The van der Waals surface area contributed by atoms with Crippen molar-refractivity contribution in [3.63, 3.8) is 0 Å². The third kappa shape index (κ3) is 3.14. The molecule has 1 aliphatic carbocycles. The number of hydrogen-bond acceptors (Lipinski definition) is 1. The van der Waals surface area contributed by atoms with Crippen molar-refractivity contribution in [3.05, 3.63) is 0 Å². The normalized spacial score (nSPS) is 22.8. The summed E-state index contributed by atoms with van der Waals surface area (Å²) in [5, 5.41) is 9.97. The van der Waals surface area contributed by atoms with Gasteiger partial charge in [0.05, 0.1) is 5.60 Å². The highest BCUT2D eigenvalue weighted by molar-refractivity contribution is 4.90. The topological polar surface area (TPSA) is 20.2 Å². The molecule has 0 amide bonds. The second-order valence-corrected chi connectivity index (χ2v) is 4.92. The van der Waals surface area contributed by atoms with Crippen molar-refractivity contribution in [1.82, 2.24) is 0 Å². The average molecular weight is 170 g/mol. The Morgan fingerprint density at radius 1 is 1.42 bits per heavy atom. The van der Waals surface area contributed by atoms with Crippen LogP contribution in [0.25, 0.3) is 0 Å². The summed E-state index contributed by atoms with van der Waals surface area (Å²) in [6, 6.07) is 0. The first-order valence-corrected chi connectivity index (χ1v) is 5.25. The van der Waals surface area contributed by atoms with Gasteiger partial charge in [-0.25, -0.2) is 0 Å². The van der Waals surface area contributed by atoms with Gasteiger partial charge in [-0.1, -0.05) is 26.7 Å². The van der Waals surface area contributed by atoms with Gasteiger partial charge in [0.25, 0.3) is 0 Å². The molecule has 1 atom stereocenters. The van der Waals surface area contributed by atoms with Crippen molar-refractivity contribution in [2.75, 3.05) is 0 Å². The van der Waals surface area contributed by atoms with Crippen molar-refractivity contribution in [1.29, 1.82) is 0 Å². The third-order valence-electron chi connectivity index (χ3n) is 2.92. The zero-order chi connectivity index (χ0) is 9.19. The van der Waals surface area contributed by atoms with Gasteiger partial charge < -0.3 is 5.11 Å². The molecule has 0 aromatic rings. The monoisotopic (exact) mass is 170 g/mol. The van der Waals surface area contributed by atoms with E-state index in [1.54, 1.807) is 0 Å². The molecule has 0 bridgehead atoms. The Morgan fingerprint density at radius 3 is 2.42 bits per heavy atom. The van der Waals surface area contributed by atoms with Crippen LogP contribution in [0, 0.1) is 11.8 Å². The molecule has 1 saturated carbocycles. The SMILES string of the molecule is CC(C)CCC[C@@](C)(O)C1CC1. The minimum atomic E-state index is -0.352. The quantitative estimate of drug-likeness (QED) is 0.672. The lowest BCUT2D eigenvalue weighted by Crippen LogP contribution is -2.26. The zero-order valence-corrected chi connectivity index (χ0v) is 8.64. The molecule has 1 heteroatoms. The highest BCUT2D eigenvalue weighted by Gasteiger charge is 2.39. The molecule has 1 N–H and O–H groups in total. The Labute approximate surface area is 76.2 Å². The van der Waals surface area contributed by atoms with Crippen LogP contribution in [0.2, 0.25) is 0 Å². The summed E-state index contributed by atoms with van der Waals surface area (Å²) in [5.41, 5.74) is -0.352. The van der Waals surface area contributed by atoms with Gasteiger partial charge in [-0.15, -0.1) is 0 Å². The van der Waals surface area contributed by atoms with E-state index in [4.69, 9.17) is 0 Å². The zero-order valence-electron chi connectivity index (χ0n) is 8.64. The lowest BCUT2D eigenvalue weighted by atomic mass is 9.92. The molecule has 0 heterocycles. The molecule has 0 unspecified atom stereocenters. The lowest BCUT2D eigenvalue weighted by Gasteiger charge is -2.23. The maximum absolute atomic E-state index is 9.97. The Bertz CT molecular complexity index is 134. The maximum atomic E-state index is 9.97. The van der Waals surface area contributed by atoms with E-state index in [1.807, 2.05) is 6.92 Å². The Morgan fingerprint density at radius 2 is 2.00 bits per heavy atom. The van der Waals surface area contributed by atoms with Crippen molar-refractivity contribution in [3.8, 4) is 0 Å². The van der Waals surface area contributed by atoms with Crippen molar-refractivity contribution in [2.45, 2.75) is 58.5 Å². The molecule has 1 fully saturated rings. The molecule has 1 aliphatic rings. The molecule has 0 aromatic carbocycles. The van der Waals surface area contributed by atoms with Gasteiger partial charge in [0.2, 0.25) is 0 Å². The molecule has 12 heavy (non-hydrogen) atoms. The maximum Gasteiger partial charge on any atom is 0.0647 e. The first-order valence-electron chi connectivity index (χ1n) is 5.25. The second-order valence-electron chi connectivity index (χ2n) is 4.92. The van der Waals surface area contributed by atoms with E-state index >= 15 is 0 Å². The summed E-state index contributed by atoms with van der Waals surface area (Å²) in [6.45, 7) is 6.49. The number of aliphatic hydroxyl groups is 1. The van der Waals surface area contributed by atoms with Crippen LogP contribution >= 0.6 is 0 Å².